The van der Waals surface area contributed by atoms with Crippen molar-refractivity contribution in [1.29, 1.82) is 0 Å². The largest absolute Gasteiger partial charge is 0.379 e. The summed E-state index contributed by atoms with van der Waals surface area (Å²) < 4.78 is 4.98. The fraction of sp³-hybridized carbons (Fsp3) is 0.400. The quantitative estimate of drug-likeness (QED) is 0.587. The first-order chi connectivity index (χ1) is 11.4. The molecule has 24 heavy (non-hydrogen) atoms. The van der Waals surface area contributed by atoms with Crippen molar-refractivity contribution in [3.8, 4) is 0 Å². The molecule has 1 heterocycles. The smallest absolute Gasteiger partial charge is 0.293 e. The van der Waals surface area contributed by atoms with E-state index in [9.17, 15) is 14.9 Å². The lowest BCUT2D eigenvalue weighted by Crippen LogP contribution is -2.30. The second-order valence-corrected chi connectivity index (χ2v) is 5.53. The third-order valence-corrected chi connectivity index (χ3v) is 3.10. The first kappa shape index (κ1) is 17.4. The van der Waals surface area contributed by atoms with Gasteiger partial charge < -0.3 is 15.2 Å². The number of benzene rings is 1. The van der Waals surface area contributed by atoms with Gasteiger partial charge in [0.1, 0.15) is 5.69 Å². The van der Waals surface area contributed by atoms with E-state index in [1.165, 1.54) is 12.1 Å². The number of aromatic nitrogens is 2. The molecule has 0 fully saturated rings. The van der Waals surface area contributed by atoms with Gasteiger partial charge in [-0.1, -0.05) is 5.16 Å². The average molecular weight is 333 g/mol. The summed E-state index contributed by atoms with van der Waals surface area (Å²) >= 11 is 0. The molecule has 0 aliphatic rings. The average Bonchev–Trinajstić information content (AvgIpc) is 2.92. The number of amides is 1. The van der Waals surface area contributed by atoms with Crippen molar-refractivity contribution in [2.24, 2.45) is 0 Å². The van der Waals surface area contributed by atoms with Gasteiger partial charge in [0.25, 0.3) is 11.6 Å². The highest BCUT2D eigenvalue weighted by molar-refractivity contribution is 5.95. The van der Waals surface area contributed by atoms with Gasteiger partial charge in [-0.15, -0.1) is 0 Å². The third-order valence-electron chi connectivity index (χ3n) is 3.10. The number of hydrogen-bond donors (Lipinski definition) is 2. The Kier molecular flexibility index (Phi) is 5.46. The molecule has 0 aliphatic carbocycles. The van der Waals surface area contributed by atoms with E-state index in [1.807, 2.05) is 13.8 Å². The molecule has 2 N–H and O–H groups in total. The van der Waals surface area contributed by atoms with Gasteiger partial charge in [0.15, 0.2) is 5.82 Å². The molecule has 128 valence electrons. The number of anilines is 1. The van der Waals surface area contributed by atoms with Gasteiger partial charge >= 0.3 is 0 Å². The summed E-state index contributed by atoms with van der Waals surface area (Å²) in [6, 6.07) is 4.28. The first-order valence-corrected chi connectivity index (χ1v) is 7.49. The molecule has 0 unspecified atom stereocenters. The summed E-state index contributed by atoms with van der Waals surface area (Å²) in [7, 11) is 0. The number of nitrogens with one attached hydrogen (secondary N) is 2. The monoisotopic (exact) mass is 333 g/mol. The van der Waals surface area contributed by atoms with Crippen LogP contribution in [-0.2, 0) is 6.42 Å². The minimum absolute atomic E-state index is 0.0489. The number of nitro benzene ring substituents is 1. The number of nitrogens with zero attached hydrogens (tertiary/aromatic N) is 3. The van der Waals surface area contributed by atoms with Crippen LogP contribution in [0.2, 0.25) is 0 Å². The molecule has 9 nitrogen and oxygen atoms in total. The molecule has 1 aromatic carbocycles. The molecule has 0 saturated carbocycles. The lowest BCUT2D eigenvalue weighted by atomic mass is 10.1. The van der Waals surface area contributed by atoms with Gasteiger partial charge in [-0.05, 0) is 32.9 Å². The highest BCUT2D eigenvalue weighted by Gasteiger charge is 2.18. The van der Waals surface area contributed by atoms with Crippen LogP contribution in [-0.4, -0.2) is 33.6 Å². The zero-order chi connectivity index (χ0) is 17.7. The Balaban J connectivity index is 2.08. The zero-order valence-electron chi connectivity index (χ0n) is 13.7. The standard InChI is InChI=1S/C15H19N5O4/c1-9(2)17-15(21)11-4-5-12(13(8-11)20(22)23)16-7-6-14-18-10(3)19-24-14/h4-5,8-9,16H,6-7H2,1-3H3,(H,17,21). The van der Waals surface area contributed by atoms with Crippen molar-refractivity contribution >= 4 is 17.3 Å². The molecule has 2 rings (SSSR count). The molecule has 0 bridgehead atoms. The number of hydrogen-bond acceptors (Lipinski definition) is 7. The SMILES string of the molecule is Cc1noc(CCNc2ccc(C(=O)NC(C)C)cc2[N+](=O)[O-])n1. The van der Waals surface area contributed by atoms with Gasteiger partial charge in [-0.2, -0.15) is 4.98 Å². The lowest BCUT2D eigenvalue weighted by molar-refractivity contribution is -0.384. The molecule has 9 heteroatoms. The molecular weight excluding hydrogens is 314 g/mol. The highest BCUT2D eigenvalue weighted by Crippen LogP contribution is 2.25. The fourth-order valence-corrected chi connectivity index (χ4v) is 2.06. The molecule has 1 aromatic heterocycles. The maximum atomic E-state index is 12.0. The van der Waals surface area contributed by atoms with Gasteiger partial charge in [0.2, 0.25) is 5.89 Å². The van der Waals surface area contributed by atoms with Gasteiger partial charge in [0, 0.05) is 30.6 Å². The Labute approximate surface area is 138 Å². The van der Waals surface area contributed by atoms with Crippen molar-refractivity contribution in [2.45, 2.75) is 33.2 Å². The third kappa shape index (κ3) is 4.51. The van der Waals surface area contributed by atoms with Crippen LogP contribution in [0.25, 0.3) is 0 Å². The van der Waals surface area contributed by atoms with Crippen molar-refractivity contribution in [3.05, 3.63) is 45.6 Å². The van der Waals surface area contributed by atoms with Gasteiger partial charge in [0.05, 0.1) is 4.92 Å². The predicted molar refractivity (Wildman–Crippen MR) is 86.9 cm³/mol. The fourth-order valence-electron chi connectivity index (χ4n) is 2.06. The summed E-state index contributed by atoms with van der Waals surface area (Å²) in [4.78, 5) is 26.7. The topological polar surface area (TPSA) is 123 Å². The van der Waals surface area contributed by atoms with Crippen LogP contribution in [0, 0.1) is 17.0 Å². The molecule has 0 spiro atoms. The van der Waals surface area contributed by atoms with Crippen molar-refractivity contribution in [1.82, 2.24) is 15.5 Å². The summed E-state index contributed by atoms with van der Waals surface area (Å²) in [5, 5.41) is 20.6. The van der Waals surface area contributed by atoms with Crippen molar-refractivity contribution in [2.75, 3.05) is 11.9 Å². The highest BCUT2D eigenvalue weighted by atomic mass is 16.6. The molecular formula is C15H19N5O4. The predicted octanol–water partition coefficient (Wildman–Crippen LogP) is 2.08. The maximum Gasteiger partial charge on any atom is 0.293 e. The normalized spacial score (nSPS) is 10.7. The molecule has 0 saturated heterocycles. The van der Waals surface area contributed by atoms with E-state index < -0.39 is 4.92 Å². The van der Waals surface area contributed by atoms with Gasteiger partial charge in [-0.3, -0.25) is 14.9 Å². The number of rotatable bonds is 7. The molecule has 2 aromatic rings. The molecule has 1 amide bonds. The van der Waals surface area contributed by atoms with Crippen LogP contribution in [0.15, 0.2) is 22.7 Å². The Morgan fingerprint density at radius 3 is 2.75 bits per heavy atom. The van der Waals surface area contributed by atoms with E-state index in [2.05, 4.69) is 20.8 Å². The summed E-state index contributed by atoms with van der Waals surface area (Å²) in [5.41, 5.74) is 0.416. The van der Waals surface area contributed by atoms with Crippen molar-refractivity contribution < 1.29 is 14.2 Å². The van der Waals surface area contributed by atoms with Crippen molar-refractivity contribution in [3.63, 3.8) is 0 Å². The Morgan fingerprint density at radius 2 is 2.17 bits per heavy atom. The molecule has 0 radical (unpaired) electrons. The van der Waals surface area contributed by atoms with E-state index in [4.69, 9.17) is 4.52 Å². The van der Waals surface area contributed by atoms with E-state index in [-0.39, 0.29) is 23.2 Å². The number of aryl methyl sites for hydroxylation is 1. The molecule has 0 atom stereocenters. The lowest BCUT2D eigenvalue weighted by Gasteiger charge is -2.10. The minimum Gasteiger partial charge on any atom is -0.379 e. The number of carbonyl (C=O) groups is 1. The summed E-state index contributed by atoms with van der Waals surface area (Å²) in [6.07, 6.45) is 0.438. The Hall–Kier alpha value is -2.97. The summed E-state index contributed by atoms with van der Waals surface area (Å²) in [6.45, 7) is 5.75. The first-order valence-electron chi connectivity index (χ1n) is 7.49. The van der Waals surface area contributed by atoms with Crippen LogP contribution in [0.5, 0.6) is 0 Å². The van der Waals surface area contributed by atoms with E-state index >= 15 is 0 Å². The van der Waals surface area contributed by atoms with Crippen LogP contribution in [0.3, 0.4) is 0 Å². The maximum absolute atomic E-state index is 12.0. The van der Waals surface area contributed by atoms with E-state index in [1.54, 1.807) is 13.0 Å². The van der Waals surface area contributed by atoms with E-state index in [0.29, 0.717) is 30.4 Å². The van der Waals surface area contributed by atoms with Crippen LogP contribution < -0.4 is 10.6 Å². The summed E-state index contributed by atoms with van der Waals surface area (Å²) in [5.74, 6) is 0.646. The number of nitro groups is 1. The second kappa shape index (κ2) is 7.53. The zero-order valence-corrected chi connectivity index (χ0v) is 13.7. The van der Waals surface area contributed by atoms with E-state index in [0.717, 1.165) is 0 Å². The minimum atomic E-state index is -0.522. The Morgan fingerprint density at radius 1 is 1.42 bits per heavy atom. The number of carbonyl (C=O) groups excluding carboxylic acids is 1. The van der Waals surface area contributed by atoms with Crippen LogP contribution in [0.1, 0.15) is 35.9 Å². The Bertz CT molecular complexity index is 741. The van der Waals surface area contributed by atoms with Crippen LogP contribution in [0.4, 0.5) is 11.4 Å². The van der Waals surface area contributed by atoms with Gasteiger partial charge in [-0.25, -0.2) is 0 Å². The second-order valence-electron chi connectivity index (χ2n) is 5.53. The molecule has 0 aliphatic heterocycles. The van der Waals surface area contributed by atoms with Crippen LogP contribution >= 0.6 is 0 Å².